The summed E-state index contributed by atoms with van der Waals surface area (Å²) in [7, 11) is 1.86. The molecule has 5 nitrogen and oxygen atoms in total. The van der Waals surface area contributed by atoms with E-state index in [1.165, 1.54) is 0 Å². The number of carboxylic acids is 1. The molecule has 0 radical (unpaired) electrons. The van der Waals surface area contributed by atoms with Gasteiger partial charge in [0.2, 0.25) is 0 Å². The minimum absolute atomic E-state index is 0.117. The van der Waals surface area contributed by atoms with Gasteiger partial charge in [0.05, 0.1) is 11.1 Å². The SMILES string of the molecule is CN(CC1CCCO1)c1ccc(Cl)c(C(=O)O)n1. The van der Waals surface area contributed by atoms with Gasteiger partial charge in [0.1, 0.15) is 5.82 Å². The molecule has 1 fully saturated rings. The van der Waals surface area contributed by atoms with E-state index in [0.29, 0.717) is 12.4 Å². The third-order valence-corrected chi connectivity index (χ3v) is 3.23. The van der Waals surface area contributed by atoms with Gasteiger partial charge in [-0.25, -0.2) is 9.78 Å². The molecule has 1 saturated heterocycles. The number of aromatic nitrogens is 1. The van der Waals surface area contributed by atoms with Gasteiger partial charge in [-0.1, -0.05) is 11.6 Å². The number of likely N-dealkylation sites (N-methyl/N-ethyl adjacent to an activating group) is 1. The molecule has 1 aromatic rings. The van der Waals surface area contributed by atoms with Crippen molar-refractivity contribution < 1.29 is 14.6 Å². The predicted molar refractivity (Wildman–Crippen MR) is 68.5 cm³/mol. The molecule has 1 atom stereocenters. The number of carboxylic acid groups (broad SMARTS) is 1. The van der Waals surface area contributed by atoms with Crippen molar-refractivity contribution in [2.45, 2.75) is 18.9 Å². The van der Waals surface area contributed by atoms with E-state index in [0.717, 1.165) is 19.4 Å². The molecule has 0 aromatic carbocycles. The lowest BCUT2D eigenvalue weighted by atomic mass is 10.2. The monoisotopic (exact) mass is 270 g/mol. The Labute approximate surface area is 110 Å². The van der Waals surface area contributed by atoms with Gasteiger partial charge < -0.3 is 14.7 Å². The van der Waals surface area contributed by atoms with Crippen LogP contribution < -0.4 is 4.90 Å². The fourth-order valence-electron chi connectivity index (χ4n) is 1.98. The molecule has 0 saturated carbocycles. The third-order valence-electron chi connectivity index (χ3n) is 2.93. The van der Waals surface area contributed by atoms with E-state index >= 15 is 0 Å². The first-order chi connectivity index (χ1) is 8.58. The summed E-state index contributed by atoms with van der Waals surface area (Å²) in [5.74, 6) is -0.528. The van der Waals surface area contributed by atoms with Crippen LogP contribution >= 0.6 is 11.6 Å². The number of halogens is 1. The van der Waals surface area contributed by atoms with Gasteiger partial charge >= 0.3 is 5.97 Å². The number of carbonyl (C=O) groups is 1. The Kier molecular flexibility index (Phi) is 4.04. The number of rotatable bonds is 4. The number of aromatic carboxylic acids is 1. The van der Waals surface area contributed by atoms with Gasteiger partial charge in [0, 0.05) is 20.2 Å². The molecular weight excluding hydrogens is 256 g/mol. The molecule has 0 bridgehead atoms. The molecule has 18 heavy (non-hydrogen) atoms. The third kappa shape index (κ3) is 2.91. The zero-order valence-corrected chi connectivity index (χ0v) is 10.9. The molecule has 1 N–H and O–H groups in total. The van der Waals surface area contributed by atoms with Gasteiger partial charge in [-0.05, 0) is 25.0 Å². The van der Waals surface area contributed by atoms with Crippen LogP contribution in [0, 0.1) is 0 Å². The van der Waals surface area contributed by atoms with Crippen LogP contribution in [0.15, 0.2) is 12.1 Å². The van der Waals surface area contributed by atoms with E-state index < -0.39 is 5.97 Å². The Hall–Kier alpha value is -1.33. The maximum Gasteiger partial charge on any atom is 0.356 e. The highest BCUT2D eigenvalue weighted by Crippen LogP contribution is 2.20. The van der Waals surface area contributed by atoms with Crippen molar-refractivity contribution in [2.75, 3.05) is 25.1 Å². The van der Waals surface area contributed by atoms with Crippen LogP contribution in [-0.4, -0.2) is 42.4 Å². The van der Waals surface area contributed by atoms with Gasteiger partial charge in [0.15, 0.2) is 5.69 Å². The highest BCUT2D eigenvalue weighted by Gasteiger charge is 2.19. The van der Waals surface area contributed by atoms with Gasteiger partial charge in [-0.15, -0.1) is 0 Å². The van der Waals surface area contributed by atoms with E-state index in [2.05, 4.69) is 4.98 Å². The number of hydrogen-bond donors (Lipinski definition) is 1. The smallest absolute Gasteiger partial charge is 0.356 e. The summed E-state index contributed by atoms with van der Waals surface area (Å²) in [5, 5.41) is 9.12. The minimum Gasteiger partial charge on any atom is -0.476 e. The van der Waals surface area contributed by atoms with Crippen molar-refractivity contribution >= 4 is 23.4 Å². The minimum atomic E-state index is -1.12. The van der Waals surface area contributed by atoms with Crippen molar-refractivity contribution in [1.29, 1.82) is 0 Å². The number of anilines is 1. The maximum absolute atomic E-state index is 11.0. The fourth-order valence-corrected chi connectivity index (χ4v) is 2.17. The molecule has 0 amide bonds. The molecule has 2 heterocycles. The van der Waals surface area contributed by atoms with Crippen molar-refractivity contribution in [3.63, 3.8) is 0 Å². The van der Waals surface area contributed by atoms with Crippen molar-refractivity contribution in [1.82, 2.24) is 4.98 Å². The van der Waals surface area contributed by atoms with Gasteiger partial charge in [-0.3, -0.25) is 0 Å². The summed E-state index contributed by atoms with van der Waals surface area (Å²) in [6.45, 7) is 1.50. The number of nitrogens with zero attached hydrogens (tertiary/aromatic N) is 2. The molecule has 98 valence electrons. The van der Waals surface area contributed by atoms with Crippen molar-refractivity contribution in [3.05, 3.63) is 22.8 Å². The number of hydrogen-bond acceptors (Lipinski definition) is 4. The Balaban J connectivity index is 2.11. The average molecular weight is 271 g/mol. The average Bonchev–Trinajstić information content (AvgIpc) is 2.81. The summed E-state index contributed by atoms with van der Waals surface area (Å²) < 4.78 is 5.53. The lowest BCUT2D eigenvalue weighted by Gasteiger charge is -2.22. The summed E-state index contributed by atoms with van der Waals surface area (Å²) in [6, 6.07) is 3.27. The van der Waals surface area contributed by atoms with Crippen LogP contribution in [0.1, 0.15) is 23.3 Å². The second-order valence-electron chi connectivity index (χ2n) is 4.32. The zero-order valence-electron chi connectivity index (χ0n) is 10.1. The summed E-state index contributed by atoms with van der Waals surface area (Å²) in [4.78, 5) is 16.9. The van der Waals surface area contributed by atoms with Crippen LogP contribution in [0.2, 0.25) is 5.02 Å². The Morgan fingerprint density at radius 1 is 1.67 bits per heavy atom. The van der Waals surface area contributed by atoms with Crippen molar-refractivity contribution in [2.24, 2.45) is 0 Å². The molecule has 2 rings (SSSR count). The molecule has 6 heteroatoms. The second kappa shape index (κ2) is 5.54. The standard InChI is InChI=1S/C12H15ClN2O3/c1-15(7-8-3-2-6-18-8)10-5-4-9(13)11(14-10)12(16)17/h4-5,8H,2-3,6-7H2,1H3,(H,16,17). The predicted octanol–water partition coefficient (Wildman–Crippen LogP) is 2.05. The van der Waals surface area contributed by atoms with Crippen LogP contribution in [0.25, 0.3) is 0 Å². The highest BCUT2D eigenvalue weighted by atomic mass is 35.5. The molecule has 1 unspecified atom stereocenters. The van der Waals surface area contributed by atoms with Crippen LogP contribution in [-0.2, 0) is 4.74 Å². The normalized spacial score (nSPS) is 18.9. The topological polar surface area (TPSA) is 62.7 Å². The van der Waals surface area contributed by atoms with E-state index in [1.54, 1.807) is 12.1 Å². The summed E-state index contributed by atoms with van der Waals surface area (Å²) in [6.07, 6.45) is 2.30. The van der Waals surface area contributed by atoms with E-state index in [9.17, 15) is 4.79 Å². The lowest BCUT2D eigenvalue weighted by Crippen LogP contribution is -2.29. The van der Waals surface area contributed by atoms with E-state index in [-0.39, 0.29) is 16.8 Å². The first-order valence-electron chi connectivity index (χ1n) is 5.80. The zero-order chi connectivity index (χ0) is 13.1. The summed E-state index contributed by atoms with van der Waals surface area (Å²) >= 11 is 5.78. The fraction of sp³-hybridized carbons (Fsp3) is 0.500. The molecule has 1 aromatic heterocycles. The second-order valence-corrected chi connectivity index (χ2v) is 4.73. The van der Waals surface area contributed by atoms with Crippen molar-refractivity contribution in [3.8, 4) is 0 Å². The maximum atomic E-state index is 11.0. The van der Waals surface area contributed by atoms with Gasteiger partial charge in [-0.2, -0.15) is 0 Å². The largest absolute Gasteiger partial charge is 0.476 e. The van der Waals surface area contributed by atoms with E-state index in [1.807, 2.05) is 11.9 Å². The molecular formula is C12H15ClN2O3. The van der Waals surface area contributed by atoms with Gasteiger partial charge in [0.25, 0.3) is 0 Å². The summed E-state index contributed by atoms with van der Waals surface area (Å²) in [5.41, 5.74) is -0.117. The Bertz CT molecular complexity index is 447. The Morgan fingerprint density at radius 2 is 2.44 bits per heavy atom. The lowest BCUT2D eigenvalue weighted by molar-refractivity contribution is 0.0691. The number of ether oxygens (including phenoxy) is 1. The van der Waals surface area contributed by atoms with E-state index in [4.69, 9.17) is 21.4 Å². The molecule has 0 spiro atoms. The quantitative estimate of drug-likeness (QED) is 0.907. The van der Waals surface area contributed by atoms with Crippen LogP contribution in [0.4, 0.5) is 5.82 Å². The Morgan fingerprint density at radius 3 is 3.06 bits per heavy atom. The highest BCUT2D eigenvalue weighted by molar-refractivity contribution is 6.33. The first kappa shape index (κ1) is 13.1. The van der Waals surface area contributed by atoms with Crippen LogP contribution in [0.3, 0.4) is 0 Å². The molecule has 1 aliphatic rings. The molecule has 0 aliphatic carbocycles. The first-order valence-corrected chi connectivity index (χ1v) is 6.18. The molecule has 1 aliphatic heterocycles. The van der Waals surface area contributed by atoms with Crippen LogP contribution in [0.5, 0.6) is 0 Å². The number of pyridine rings is 1.